The molecule has 5 atom stereocenters. The van der Waals surface area contributed by atoms with Crippen molar-refractivity contribution in [3.63, 3.8) is 0 Å². The van der Waals surface area contributed by atoms with Gasteiger partial charge >= 0.3 is 36.1 Å². The first-order chi connectivity index (χ1) is 34.2. The summed E-state index contributed by atoms with van der Waals surface area (Å²) in [5.74, 6) is -6.89. The monoisotopic (exact) mass is 1010 g/mol. The van der Waals surface area contributed by atoms with E-state index < -0.39 is 89.1 Å². The molecule has 2 N–H and O–H groups in total. The van der Waals surface area contributed by atoms with Crippen LogP contribution in [0.2, 0.25) is 18.1 Å². The second-order valence-electron chi connectivity index (χ2n) is 17.2. The Kier molecular flexibility index (Phi) is 16.8. The minimum absolute atomic E-state index is 0.00911. The van der Waals surface area contributed by atoms with Gasteiger partial charge in [-0.1, -0.05) is 27.7 Å². The van der Waals surface area contributed by atoms with Crippen LogP contribution in [0.5, 0.6) is 0 Å². The number of carbonyl (C=O) groups excluding carboxylic acids is 7. The molecular formula is C46H50N8O17Si. The van der Waals surface area contributed by atoms with Crippen LogP contribution in [0, 0.1) is 48.1 Å². The van der Waals surface area contributed by atoms with Crippen molar-refractivity contribution < 1.29 is 67.0 Å². The highest BCUT2D eigenvalue weighted by molar-refractivity contribution is 6.73. The van der Waals surface area contributed by atoms with E-state index in [-0.39, 0.29) is 64.4 Å². The van der Waals surface area contributed by atoms with Crippen LogP contribution in [0.1, 0.15) is 72.1 Å². The second kappa shape index (κ2) is 22.8. The molecule has 2 saturated heterocycles. The first-order valence-corrected chi connectivity index (χ1v) is 25.3. The molecule has 0 aliphatic carbocycles. The third kappa shape index (κ3) is 12.1. The van der Waals surface area contributed by atoms with Crippen molar-refractivity contribution >= 4 is 73.3 Å². The van der Waals surface area contributed by atoms with Crippen LogP contribution < -0.4 is 10.6 Å². The summed E-state index contributed by atoms with van der Waals surface area (Å²) >= 11 is 0. The Morgan fingerprint density at radius 2 is 1.21 bits per heavy atom. The van der Waals surface area contributed by atoms with E-state index in [4.69, 9.17) is 18.6 Å². The molecule has 0 bridgehead atoms. The molecule has 25 nitrogen and oxygen atoms in total. The quantitative estimate of drug-likeness (QED) is 0.0179. The molecule has 1 unspecified atom stereocenters. The number of rotatable bonds is 17. The van der Waals surface area contributed by atoms with Crippen molar-refractivity contribution in [3.8, 4) is 0 Å². The molecule has 6 rings (SSSR count). The number of likely N-dealkylation sites (tertiary alicyclic amines) is 1. The number of alkyl carbamates (subject to hydrolysis) is 1. The van der Waals surface area contributed by atoms with Crippen molar-refractivity contribution in [2.45, 2.75) is 71.3 Å². The summed E-state index contributed by atoms with van der Waals surface area (Å²) in [5.41, 5.74) is -1.13. The summed E-state index contributed by atoms with van der Waals surface area (Å²) in [6.45, 7) is 10.8. The number of non-ortho nitro benzene ring substituents is 3. The molecule has 0 saturated carbocycles. The van der Waals surface area contributed by atoms with E-state index >= 15 is 0 Å². The number of esters is 4. The van der Waals surface area contributed by atoms with Crippen molar-refractivity contribution in [1.29, 1.82) is 0 Å². The highest BCUT2D eigenvalue weighted by Gasteiger charge is 2.61. The summed E-state index contributed by atoms with van der Waals surface area (Å²) in [6, 6.07) is 14.8. The maximum atomic E-state index is 14.1. The zero-order valence-electron chi connectivity index (χ0n) is 39.6. The van der Waals surface area contributed by atoms with Gasteiger partial charge < -0.3 is 28.9 Å². The van der Waals surface area contributed by atoms with Gasteiger partial charge in [0.25, 0.3) is 17.1 Å². The fourth-order valence-electron chi connectivity index (χ4n) is 8.98. The number of nitrogens with zero attached hydrogens (tertiary/aromatic N) is 6. The fraction of sp³-hybridized carbons (Fsp3) is 0.391. The van der Waals surface area contributed by atoms with Gasteiger partial charge in [0.1, 0.15) is 5.70 Å². The van der Waals surface area contributed by atoms with E-state index in [0.717, 1.165) is 90.9 Å². The molecule has 3 aromatic rings. The Bertz CT molecular complexity index is 2720. The first kappa shape index (κ1) is 53.3. The minimum atomic E-state index is -2.18. The highest BCUT2D eigenvalue weighted by atomic mass is 28.4. The topological polar surface area (TPSA) is 329 Å². The van der Waals surface area contributed by atoms with Crippen molar-refractivity contribution in [2.24, 2.45) is 22.7 Å². The molecule has 3 amide bonds. The van der Waals surface area contributed by atoms with Gasteiger partial charge in [-0.2, -0.15) is 0 Å². The predicted octanol–water partition coefficient (Wildman–Crippen LogP) is 6.05. The molecule has 0 spiro atoms. The Labute approximate surface area is 411 Å². The number of hydrogen-bond donors (Lipinski definition) is 2. The number of nitro groups is 3. The van der Waals surface area contributed by atoms with Crippen molar-refractivity contribution in [2.75, 3.05) is 26.2 Å². The summed E-state index contributed by atoms with van der Waals surface area (Å²) in [7, 11) is -2.18. The van der Waals surface area contributed by atoms with E-state index in [1.54, 1.807) is 0 Å². The smallest absolute Gasteiger partial charge is 0.413 e. The lowest BCUT2D eigenvalue weighted by atomic mass is 9.77. The Morgan fingerprint density at radius 1 is 0.736 bits per heavy atom. The molecule has 3 aliphatic rings. The fourth-order valence-corrected chi connectivity index (χ4v) is 11.9. The third-order valence-corrected chi connectivity index (χ3v) is 17.8. The number of nitrogens with one attached hydrogen (secondary N) is 2. The number of amides is 3. The van der Waals surface area contributed by atoms with E-state index in [9.17, 15) is 63.9 Å². The van der Waals surface area contributed by atoms with E-state index in [2.05, 4.69) is 36.4 Å². The summed E-state index contributed by atoms with van der Waals surface area (Å²) in [4.78, 5) is 131. The normalized spacial score (nSPS) is 19.1. The lowest BCUT2D eigenvalue weighted by molar-refractivity contribution is -0.385. The number of β-lactam (4-membered cyclic amide) rings is 1. The number of benzene rings is 3. The van der Waals surface area contributed by atoms with Crippen LogP contribution in [0.25, 0.3) is 0 Å². The lowest BCUT2D eigenvalue weighted by Crippen LogP contribution is -2.65. The number of aliphatic imine (C=N–C) groups is 1. The maximum Gasteiger partial charge on any atom is 0.444 e. The van der Waals surface area contributed by atoms with Gasteiger partial charge in [0, 0.05) is 62.0 Å². The van der Waals surface area contributed by atoms with Gasteiger partial charge in [0.2, 0.25) is 11.9 Å². The van der Waals surface area contributed by atoms with Gasteiger partial charge in [-0.05, 0) is 85.9 Å². The number of guanidine groups is 1. The molecule has 0 radical (unpaired) electrons. The Hall–Kier alpha value is -8.10. The number of carbonyl (C=O) groups is 7. The number of hydrogen-bond acceptors (Lipinski definition) is 18. The average Bonchev–Trinajstić information content (AvgIpc) is 3.91. The SMILES string of the molecule is CC[Si](CC)(CC)OC(C)[C@H]1C(=O)N2C(C(=O)OC(=O)c3ccc([N+](=O)[O-])cc3)=C(CN3CC[C@H](CN/C(=N/C(=O)OC(=O)c4ccc([N+](=O)[O-])cc4)NC(=O)OC(=O)c4ccc([N+](=O)[O-])cc4)C3)[C@H](C)[C@H]12. The molecular weight excluding hydrogens is 965 g/mol. The van der Waals surface area contributed by atoms with Gasteiger partial charge in [-0.15, -0.1) is 4.99 Å². The molecule has 26 heteroatoms. The van der Waals surface area contributed by atoms with Gasteiger partial charge in [0.05, 0.1) is 49.5 Å². The van der Waals surface area contributed by atoms with Gasteiger partial charge in [-0.3, -0.25) is 45.4 Å². The summed E-state index contributed by atoms with van der Waals surface area (Å²) in [5, 5.41) is 38.2. The molecule has 2 fully saturated rings. The molecule has 3 aliphatic heterocycles. The zero-order valence-corrected chi connectivity index (χ0v) is 40.6. The number of nitro benzene ring substituents is 3. The molecule has 3 aromatic carbocycles. The second-order valence-corrected chi connectivity index (χ2v) is 22.0. The third-order valence-electron chi connectivity index (χ3n) is 13.1. The summed E-state index contributed by atoms with van der Waals surface area (Å²) in [6.07, 6.45) is -2.99. The number of fused-ring (bicyclic) bond motifs is 1. The van der Waals surface area contributed by atoms with E-state index in [0.29, 0.717) is 25.1 Å². The van der Waals surface area contributed by atoms with Crippen LogP contribution >= 0.6 is 0 Å². The average molecular weight is 1020 g/mol. The van der Waals surface area contributed by atoms with Gasteiger partial charge in [0.15, 0.2) is 8.32 Å². The first-order valence-electron chi connectivity index (χ1n) is 22.8. The van der Waals surface area contributed by atoms with Crippen LogP contribution in [-0.2, 0) is 28.2 Å². The van der Waals surface area contributed by atoms with Crippen LogP contribution in [0.3, 0.4) is 0 Å². The van der Waals surface area contributed by atoms with Crippen LogP contribution in [-0.4, -0.2) is 119 Å². The Morgan fingerprint density at radius 3 is 1.68 bits per heavy atom. The molecule has 0 aromatic heterocycles. The minimum Gasteiger partial charge on any atom is -0.413 e. The lowest BCUT2D eigenvalue weighted by Gasteiger charge is -2.49. The molecule has 380 valence electrons. The van der Waals surface area contributed by atoms with Crippen LogP contribution in [0.15, 0.2) is 89.1 Å². The number of ether oxygens (including phenoxy) is 3. The predicted molar refractivity (Wildman–Crippen MR) is 253 cm³/mol. The van der Waals surface area contributed by atoms with Gasteiger partial charge in [-0.25, -0.2) is 28.8 Å². The molecule has 3 heterocycles. The Balaban J connectivity index is 1.18. The summed E-state index contributed by atoms with van der Waals surface area (Å²) < 4.78 is 21.6. The highest BCUT2D eigenvalue weighted by Crippen LogP contribution is 2.49. The molecule has 72 heavy (non-hydrogen) atoms. The van der Waals surface area contributed by atoms with E-state index in [1.807, 2.05) is 18.7 Å². The van der Waals surface area contributed by atoms with Crippen LogP contribution in [0.4, 0.5) is 26.7 Å². The zero-order chi connectivity index (χ0) is 52.6. The van der Waals surface area contributed by atoms with E-state index in [1.165, 1.54) is 4.90 Å². The largest absolute Gasteiger partial charge is 0.444 e. The van der Waals surface area contributed by atoms with Crippen molar-refractivity contribution in [3.05, 3.63) is 131 Å². The standard InChI is InChI=1S/C46H50N8O17Si/c1-6-72(7-2,8-3)71-27(5)36-37-26(4)35(38(51(37)39(36)55)43(59)68-40(56)29-9-15-32(16-10-29)52(62)63)25-50-22-21-28(24-50)23-47-44(48-45(60)69-41(57)30-11-17-33(18-12-30)53(64)65)49-46(61)70-42(58)31-13-19-34(20-14-31)54(66)67/h9-20,26-28,36-37H,6-8,21-25H2,1-5H3,(H2,47,48,49,60,61)/t26-,27?,28+,36+,37+/m0/s1. The van der Waals surface area contributed by atoms with Crippen molar-refractivity contribution in [1.82, 2.24) is 20.4 Å². The maximum absolute atomic E-state index is 14.1.